The molecule has 2 aromatic carbocycles. The molecule has 0 aliphatic carbocycles. The average molecular weight is 458 g/mol. The van der Waals surface area contributed by atoms with Crippen molar-refractivity contribution in [2.75, 3.05) is 0 Å². The molecule has 4 nitrogen and oxygen atoms in total. The first-order valence-electron chi connectivity index (χ1n) is 9.61. The lowest BCUT2D eigenvalue weighted by Crippen LogP contribution is -2.22. The Labute approximate surface area is 188 Å². The van der Waals surface area contributed by atoms with Gasteiger partial charge in [-0.05, 0) is 44.0 Å². The highest BCUT2D eigenvalue weighted by molar-refractivity contribution is 7.19. The van der Waals surface area contributed by atoms with Crippen LogP contribution in [0.25, 0.3) is 21.3 Å². The van der Waals surface area contributed by atoms with Gasteiger partial charge in [0.25, 0.3) is 5.56 Å². The topological polar surface area (TPSA) is 57.8 Å². The van der Waals surface area contributed by atoms with Crippen LogP contribution < -0.4 is 10.9 Å². The molecule has 1 unspecified atom stereocenters. The van der Waals surface area contributed by atoms with Gasteiger partial charge in [-0.15, -0.1) is 11.3 Å². The van der Waals surface area contributed by atoms with Gasteiger partial charge < -0.3 is 10.3 Å². The van der Waals surface area contributed by atoms with E-state index in [4.69, 9.17) is 28.2 Å². The van der Waals surface area contributed by atoms with E-state index >= 15 is 0 Å². The molecule has 30 heavy (non-hydrogen) atoms. The van der Waals surface area contributed by atoms with Gasteiger partial charge in [-0.25, -0.2) is 4.98 Å². The molecule has 0 aliphatic rings. The highest BCUT2D eigenvalue weighted by Gasteiger charge is 2.17. The number of nitrogens with one attached hydrogen (secondary N) is 2. The van der Waals surface area contributed by atoms with E-state index in [1.165, 1.54) is 5.56 Å². The molecule has 0 spiro atoms. The van der Waals surface area contributed by atoms with Crippen molar-refractivity contribution in [3.63, 3.8) is 0 Å². The fraction of sp³-hybridized carbons (Fsp3) is 0.217. The summed E-state index contributed by atoms with van der Waals surface area (Å²) in [5.74, 6) is 0.598. The minimum absolute atomic E-state index is 0.0241. The number of aromatic nitrogens is 2. The molecule has 0 saturated heterocycles. The summed E-state index contributed by atoms with van der Waals surface area (Å²) >= 11 is 13.8. The number of H-pyrrole nitrogens is 1. The van der Waals surface area contributed by atoms with Crippen LogP contribution in [0.3, 0.4) is 0 Å². The number of hydrogen-bond donors (Lipinski definition) is 2. The molecule has 4 rings (SSSR count). The van der Waals surface area contributed by atoms with Gasteiger partial charge in [0.1, 0.15) is 10.7 Å². The van der Waals surface area contributed by atoms with Crippen LogP contribution in [-0.2, 0) is 6.54 Å². The Bertz CT molecular complexity index is 1280. The Morgan fingerprint density at radius 2 is 1.87 bits per heavy atom. The summed E-state index contributed by atoms with van der Waals surface area (Å²) in [4.78, 5) is 22.4. The molecule has 0 radical (unpaired) electrons. The first kappa shape index (κ1) is 21.1. The van der Waals surface area contributed by atoms with Crippen LogP contribution in [0.5, 0.6) is 0 Å². The molecule has 7 heteroatoms. The van der Waals surface area contributed by atoms with E-state index in [1.54, 1.807) is 17.4 Å². The van der Waals surface area contributed by atoms with E-state index < -0.39 is 0 Å². The lowest BCUT2D eigenvalue weighted by atomic mass is 10.0. The molecule has 0 bridgehead atoms. The summed E-state index contributed by atoms with van der Waals surface area (Å²) in [6.45, 7) is 6.51. The fourth-order valence-electron chi connectivity index (χ4n) is 3.53. The summed E-state index contributed by atoms with van der Waals surface area (Å²) < 4.78 is 0. The van der Waals surface area contributed by atoms with Crippen molar-refractivity contribution in [2.24, 2.45) is 0 Å². The molecule has 2 N–H and O–H groups in total. The summed E-state index contributed by atoms with van der Waals surface area (Å²) in [6.07, 6.45) is 0. The highest BCUT2D eigenvalue weighted by atomic mass is 35.5. The van der Waals surface area contributed by atoms with Gasteiger partial charge in [-0.1, -0.05) is 59.1 Å². The second kappa shape index (κ2) is 8.52. The number of halogens is 2. The van der Waals surface area contributed by atoms with E-state index in [1.807, 2.05) is 32.9 Å². The zero-order valence-corrected chi connectivity index (χ0v) is 19.2. The molecule has 0 amide bonds. The number of nitrogens with zero attached hydrogens (tertiary/aromatic N) is 1. The zero-order valence-electron chi connectivity index (χ0n) is 16.8. The quantitative estimate of drug-likeness (QED) is 0.363. The van der Waals surface area contributed by atoms with Gasteiger partial charge in [-0.2, -0.15) is 0 Å². The molecule has 2 aromatic heterocycles. The monoisotopic (exact) mass is 457 g/mol. The van der Waals surface area contributed by atoms with Crippen molar-refractivity contribution in [3.05, 3.63) is 84.7 Å². The van der Waals surface area contributed by atoms with Crippen molar-refractivity contribution in [2.45, 2.75) is 33.4 Å². The van der Waals surface area contributed by atoms with Crippen molar-refractivity contribution in [1.82, 2.24) is 15.3 Å². The number of aromatic amines is 1. The largest absolute Gasteiger partial charge is 0.309 e. The molecule has 0 aliphatic heterocycles. The summed E-state index contributed by atoms with van der Waals surface area (Å²) in [7, 11) is 0. The Hall–Kier alpha value is -2.18. The second-order valence-corrected chi connectivity index (χ2v) is 9.41. The molecular weight excluding hydrogens is 437 g/mol. The lowest BCUT2D eigenvalue weighted by molar-refractivity contribution is 0.560. The maximum Gasteiger partial charge on any atom is 0.260 e. The first-order valence-corrected chi connectivity index (χ1v) is 11.2. The van der Waals surface area contributed by atoms with E-state index in [0.29, 0.717) is 27.8 Å². The molecule has 0 fully saturated rings. The third-order valence-corrected chi connectivity index (χ3v) is 6.69. The predicted molar refractivity (Wildman–Crippen MR) is 127 cm³/mol. The molecule has 4 aromatic rings. The zero-order chi connectivity index (χ0) is 21.4. The Balaban J connectivity index is 1.62. The van der Waals surface area contributed by atoms with Crippen molar-refractivity contribution in [1.29, 1.82) is 0 Å². The number of hydrogen-bond acceptors (Lipinski definition) is 4. The van der Waals surface area contributed by atoms with Crippen LogP contribution in [0.1, 0.15) is 34.8 Å². The first-order chi connectivity index (χ1) is 14.3. The Kier molecular flexibility index (Phi) is 5.98. The maximum atomic E-state index is 12.9. The SMILES string of the molecule is Cc1ccc(-c2c(C)sc3nc(CNC(C)c4ccc(Cl)cc4Cl)[nH]c(=O)c23)cc1. The standard InChI is InChI=1S/C23H21Cl2N3OS/c1-12-4-6-15(7-5-12)20-14(3)30-23-21(20)22(29)27-19(28-23)11-26-13(2)17-9-8-16(24)10-18(17)25/h4-10,13,26H,11H2,1-3H3,(H,27,28,29). The number of aryl methyl sites for hydroxylation is 2. The summed E-state index contributed by atoms with van der Waals surface area (Å²) in [5, 5.41) is 5.23. The highest BCUT2D eigenvalue weighted by Crippen LogP contribution is 2.35. The molecule has 1 atom stereocenters. The number of fused-ring (bicyclic) bond motifs is 1. The van der Waals surface area contributed by atoms with Crippen LogP contribution >= 0.6 is 34.5 Å². The Morgan fingerprint density at radius 3 is 2.57 bits per heavy atom. The number of rotatable bonds is 5. The molecule has 154 valence electrons. The number of benzene rings is 2. The normalized spacial score (nSPS) is 12.4. The van der Waals surface area contributed by atoms with Crippen LogP contribution in [0, 0.1) is 13.8 Å². The number of thiophene rings is 1. The van der Waals surface area contributed by atoms with Gasteiger partial charge in [0, 0.05) is 26.5 Å². The maximum absolute atomic E-state index is 12.9. The van der Waals surface area contributed by atoms with Crippen LogP contribution in [-0.4, -0.2) is 9.97 Å². The van der Waals surface area contributed by atoms with Crippen LogP contribution in [0.15, 0.2) is 47.3 Å². The van der Waals surface area contributed by atoms with Crippen LogP contribution in [0.2, 0.25) is 10.0 Å². The van der Waals surface area contributed by atoms with Gasteiger partial charge >= 0.3 is 0 Å². The lowest BCUT2D eigenvalue weighted by Gasteiger charge is -2.15. The van der Waals surface area contributed by atoms with Gasteiger partial charge in [0.2, 0.25) is 0 Å². The molecule has 0 saturated carbocycles. The summed E-state index contributed by atoms with van der Waals surface area (Å²) in [5.41, 5.74) is 4.01. The third kappa shape index (κ3) is 4.16. The van der Waals surface area contributed by atoms with Gasteiger partial charge in [-0.3, -0.25) is 4.79 Å². The van der Waals surface area contributed by atoms with E-state index in [9.17, 15) is 4.79 Å². The van der Waals surface area contributed by atoms with Crippen molar-refractivity contribution in [3.8, 4) is 11.1 Å². The molecular formula is C23H21Cl2N3OS. The minimum atomic E-state index is -0.117. The van der Waals surface area contributed by atoms with Gasteiger partial charge in [0.05, 0.1) is 11.9 Å². The van der Waals surface area contributed by atoms with Crippen molar-refractivity contribution < 1.29 is 0 Å². The van der Waals surface area contributed by atoms with Gasteiger partial charge in [0.15, 0.2) is 0 Å². The summed E-state index contributed by atoms with van der Waals surface area (Å²) in [6, 6.07) is 13.6. The Morgan fingerprint density at radius 1 is 1.13 bits per heavy atom. The smallest absolute Gasteiger partial charge is 0.260 e. The van der Waals surface area contributed by atoms with E-state index in [-0.39, 0.29) is 11.6 Å². The van der Waals surface area contributed by atoms with E-state index in [0.717, 1.165) is 26.4 Å². The minimum Gasteiger partial charge on any atom is -0.309 e. The third-order valence-electron chi connectivity index (χ3n) is 5.13. The average Bonchev–Trinajstić information content (AvgIpc) is 3.03. The molecule has 2 heterocycles. The van der Waals surface area contributed by atoms with Crippen LogP contribution in [0.4, 0.5) is 0 Å². The fourth-order valence-corrected chi connectivity index (χ4v) is 5.16. The van der Waals surface area contributed by atoms with E-state index in [2.05, 4.69) is 34.6 Å². The second-order valence-electron chi connectivity index (χ2n) is 7.36. The predicted octanol–water partition coefficient (Wildman–Crippen LogP) is 6.43. The van der Waals surface area contributed by atoms with Crippen molar-refractivity contribution >= 4 is 44.8 Å².